The van der Waals surface area contributed by atoms with E-state index in [1.54, 1.807) is 18.3 Å². The van der Waals surface area contributed by atoms with Gasteiger partial charge < -0.3 is 34.1 Å². The number of hydrogen-bond acceptors (Lipinski definition) is 10. The predicted octanol–water partition coefficient (Wildman–Crippen LogP) is 1.90. The van der Waals surface area contributed by atoms with Gasteiger partial charge in [-0.25, -0.2) is 9.37 Å². The molecule has 5 rings (SSSR count). The summed E-state index contributed by atoms with van der Waals surface area (Å²) in [7, 11) is 1.47. The van der Waals surface area contributed by atoms with Gasteiger partial charge in [-0.15, -0.1) is 0 Å². The van der Waals surface area contributed by atoms with Crippen LogP contribution in [0.25, 0.3) is 11.0 Å². The van der Waals surface area contributed by atoms with Crippen LogP contribution in [-0.2, 0) is 16.0 Å². The highest BCUT2D eigenvalue weighted by atomic mass is 19.1. The zero-order valence-electron chi connectivity index (χ0n) is 18.6. The summed E-state index contributed by atoms with van der Waals surface area (Å²) in [4.78, 5) is 12.7. The number of nitrogens with zero attached hydrogens (tertiary/aromatic N) is 3. The fourth-order valence-corrected chi connectivity index (χ4v) is 3.91. The molecule has 0 radical (unpaired) electrons. The molecule has 1 fully saturated rings. The van der Waals surface area contributed by atoms with Crippen LogP contribution in [0.4, 0.5) is 4.39 Å². The van der Waals surface area contributed by atoms with Crippen molar-refractivity contribution in [3.63, 3.8) is 0 Å². The van der Waals surface area contributed by atoms with Crippen molar-refractivity contribution in [1.29, 1.82) is 0 Å². The standard InChI is InChI=1S/C23H25FN4O6/c1-30-20-3-2-16-23(28-20)22(15(24)9-27-16)17(29)7-21-33-11-14(12-34-21)25-8-13-6-18-19(10-26-13)32-5-4-31-18/h2-3,6,9-10,14,17,21,25,29H,4-5,7-8,11-12H2,1H3. The maximum Gasteiger partial charge on any atom is 0.213 e. The number of fused-ring (bicyclic) bond motifs is 2. The zero-order valence-corrected chi connectivity index (χ0v) is 18.6. The Morgan fingerprint density at radius 2 is 1.94 bits per heavy atom. The minimum atomic E-state index is -1.19. The number of methoxy groups -OCH3 is 1. The molecule has 3 aromatic rings. The summed E-state index contributed by atoms with van der Waals surface area (Å²) >= 11 is 0. The highest BCUT2D eigenvalue weighted by Gasteiger charge is 2.28. The Morgan fingerprint density at radius 3 is 2.74 bits per heavy atom. The molecule has 5 heterocycles. The van der Waals surface area contributed by atoms with Crippen LogP contribution in [0.5, 0.6) is 17.4 Å². The number of halogens is 1. The Bertz CT molecular complexity index is 1160. The van der Waals surface area contributed by atoms with Crippen LogP contribution in [0.15, 0.2) is 30.6 Å². The summed E-state index contributed by atoms with van der Waals surface area (Å²) in [5.41, 5.74) is 1.55. The first-order chi connectivity index (χ1) is 16.6. The monoisotopic (exact) mass is 472 g/mol. The molecular formula is C23H25FN4O6. The number of hydrogen-bond donors (Lipinski definition) is 2. The Balaban J connectivity index is 1.16. The number of ether oxygens (including phenoxy) is 5. The summed E-state index contributed by atoms with van der Waals surface area (Å²) in [5.74, 6) is 0.988. The Labute approximate surface area is 195 Å². The summed E-state index contributed by atoms with van der Waals surface area (Å²) in [6.45, 7) is 2.28. The average molecular weight is 472 g/mol. The molecule has 10 nitrogen and oxygen atoms in total. The molecule has 0 bridgehead atoms. The van der Waals surface area contributed by atoms with E-state index in [1.807, 2.05) is 6.07 Å². The maximum atomic E-state index is 14.6. The molecule has 180 valence electrons. The minimum absolute atomic E-state index is 0.0426. The fraction of sp³-hybridized carbons (Fsp3) is 0.435. The first-order valence-electron chi connectivity index (χ1n) is 11.0. The Morgan fingerprint density at radius 1 is 1.15 bits per heavy atom. The first-order valence-corrected chi connectivity index (χ1v) is 11.0. The molecule has 0 saturated carbocycles. The Hall–Kier alpha value is -3.12. The second-order valence-corrected chi connectivity index (χ2v) is 7.99. The molecule has 0 amide bonds. The van der Waals surface area contributed by atoms with E-state index in [1.165, 1.54) is 7.11 Å². The van der Waals surface area contributed by atoms with Gasteiger partial charge in [0.05, 0.1) is 56.1 Å². The predicted molar refractivity (Wildman–Crippen MR) is 117 cm³/mol. The fourth-order valence-electron chi connectivity index (χ4n) is 3.91. The number of aliphatic hydroxyl groups is 1. The lowest BCUT2D eigenvalue weighted by atomic mass is 10.0. The van der Waals surface area contributed by atoms with Crippen LogP contribution in [0, 0.1) is 5.82 Å². The number of pyridine rings is 3. The van der Waals surface area contributed by atoms with Crippen LogP contribution in [-0.4, -0.2) is 65.9 Å². The lowest BCUT2D eigenvalue weighted by Gasteiger charge is -2.31. The molecule has 0 spiro atoms. The van der Waals surface area contributed by atoms with Gasteiger partial charge in [-0.1, -0.05) is 0 Å². The number of aliphatic hydroxyl groups excluding tert-OH is 1. The van der Waals surface area contributed by atoms with E-state index in [9.17, 15) is 9.50 Å². The molecule has 2 N–H and O–H groups in total. The molecule has 11 heteroatoms. The van der Waals surface area contributed by atoms with Crippen LogP contribution in [0.2, 0.25) is 0 Å². The molecule has 0 aromatic carbocycles. The molecule has 3 aromatic heterocycles. The third-order valence-corrected chi connectivity index (χ3v) is 5.66. The van der Waals surface area contributed by atoms with Gasteiger partial charge in [-0.2, -0.15) is 0 Å². The van der Waals surface area contributed by atoms with Crippen molar-refractivity contribution >= 4 is 11.0 Å². The summed E-state index contributed by atoms with van der Waals surface area (Å²) in [6.07, 6.45) is 0.896. The van der Waals surface area contributed by atoms with E-state index in [4.69, 9.17) is 23.7 Å². The van der Waals surface area contributed by atoms with E-state index < -0.39 is 18.2 Å². The van der Waals surface area contributed by atoms with Gasteiger partial charge in [-0.05, 0) is 6.07 Å². The van der Waals surface area contributed by atoms with Crippen molar-refractivity contribution in [3.8, 4) is 17.4 Å². The van der Waals surface area contributed by atoms with Crippen LogP contribution in [0.1, 0.15) is 23.8 Å². The van der Waals surface area contributed by atoms with Gasteiger partial charge in [0.25, 0.3) is 0 Å². The second-order valence-electron chi connectivity index (χ2n) is 7.99. The zero-order chi connectivity index (χ0) is 23.5. The van der Waals surface area contributed by atoms with Crippen molar-refractivity contribution in [1.82, 2.24) is 20.3 Å². The van der Waals surface area contributed by atoms with Crippen LogP contribution >= 0.6 is 0 Å². The topological polar surface area (TPSA) is 117 Å². The van der Waals surface area contributed by atoms with Gasteiger partial charge in [0.1, 0.15) is 24.5 Å². The number of nitrogens with one attached hydrogen (secondary N) is 1. The molecule has 1 unspecified atom stereocenters. The molecule has 2 aliphatic rings. The highest BCUT2D eigenvalue weighted by Crippen LogP contribution is 2.31. The van der Waals surface area contributed by atoms with Crippen molar-refractivity contribution < 1.29 is 33.2 Å². The van der Waals surface area contributed by atoms with Crippen LogP contribution < -0.4 is 19.5 Å². The third kappa shape index (κ3) is 4.87. The molecular weight excluding hydrogens is 447 g/mol. The lowest BCUT2D eigenvalue weighted by Crippen LogP contribution is -2.44. The van der Waals surface area contributed by atoms with E-state index in [0.29, 0.717) is 55.9 Å². The molecule has 1 atom stereocenters. The van der Waals surface area contributed by atoms with Crippen molar-refractivity contribution in [3.05, 3.63) is 47.7 Å². The van der Waals surface area contributed by atoms with Crippen LogP contribution in [0.3, 0.4) is 0 Å². The van der Waals surface area contributed by atoms with Gasteiger partial charge >= 0.3 is 0 Å². The third-order valence-electron chi connectivity index (χ3n) is 5.66. The molecule has 1 saturated heterocycles. The molecule has 2 aliphatic heterocycles. The van der Waals surface area contributed by atoms with E-state index in [-0.39, 0.29) is 23.5 Å². The lowest BCUT2D eigenvalue weighted by molar-refractivity contribution is -0.202. The van der Waals surface area contributed by atoms with Crippen molar-refractivity contribution in [2.45, 2.75) is 31.4 Å². The van der Waals surface area contributed by atoms with Gasteiger partial charge in [0.2, 0.25) is 5.88 Å². The molecule has 34 heavy (non-hydrogen) atoms. The quantitative estimate of drug-likeness (QED) is 0.528. The summed E-state index contributed by atoms with van der Waals surface area (Å²) in [6, 6.07) is 5.08. The van der Waals surface area contributed by atoms with Crippen molar-refractivity contribution in [2.75, 3.05) is 33.5 Å². The first kappa shape index (κ1) is 22.7. The average Bonchev–Trinajstić information content (AvgIpc) is 2.87. The largest absolute Gasteiger partial charge is 0.486 e. The van der Waals surface area contributed by atoms with Gasteiger partial charge in [-0.3, -0.25) is 9.97 Å². The minimum Gasteiger partial charge on any atom is -0.486 e. The molecule has 0 aliphatic carbocycles. The normalized spacial score (nSPS) is 20.8. The summed E-state index contributed by atoms with van der Waals surface area (Å²) < 4.78 is 42.3. The summed E-state index contributed by atoms with van der Waals surface area (Å²) in [5, 5.41) is 14.1. The maximum absolute atomic E-state index is 14.6. The van der Waals surface area contributed by atoms with E-state index >= 15 is 0 Å². The highest BCUT2D eigenvalue weighted by molar-refractivity contribution is 5.78. The van der Waals surface area contributed by atoms with Gasteiger partial charge in [0.15, 0.2) is 17.8 Å². The number of aromatic nitrogens is 3. The Kier molecular flexibility index (Phi) is 6.68. The second kappa shape index (κ2) is 10.0. The SMILES string of the molecule is COc1ccc2ncc(F)c(C(O)CC3OCC(NCc4cc5c(cn4)OCCO5)CO3)c2n1. The van der Waals surface area contributed by atoms with Crippen molar-refractivity contribution in [2.24, 2.45) is 0 Å². The number of rotatable bonds is 7. The smallest absolute Gasteiger partial charge is 0.213 e. The van der Waals surface area contributed by atoms with E-state index in [0.717, 1.165) is 11.9 Å². The van der Waals surface area contributed by atoms with Gasteiger partial charge in [0, 0.05) is 30.7 Å². The van der Waals surface area contributed by atoms with E-state index in [2.05, 4.69) is 20.3 Å².